The molecule has 1 aromatic carbocycles. The van der Waals surface area contributed by atoms with Crippen LogP contribution in [0.25, 0.3) is 11.4 Å². The van der Waals surface area contributed by atoms with Crippen molar-refractivity contribution in [1.82, 2.24) is 9.97 Å². The summed E-state index contributed by atoms with van der Waals surface area (Å²) in [5.41, 5.74) is 2.06. The van der Waals surface area contributed by atoms with Gasteiger partial charge in [0.2, 0.25) is 0 Å². The molecule has 2 rings (SSSR count). The summed E-state index contributed by atoms with van der Waals surface area (Å²) in [6, 6.07) is 7.90. The summed E-state index contributed by atoms with van der Waals surface area (Å²) in [6.45, 7) is 4.63. The molecule has 1 aromatic heterocycles. The van der Waals surface area contributed by atoms with Crippen LogP contribution in [0, 0.1) is 6.92 Å². The standard InChI is InChI=1S/C12H14N2O/c1-3-15-11-7-5-4-6-10(11)12-13-8-9(2)14-12/h4-8H,3H2,1-2H3,(H,13,14). The third-order valence-corrected chi connectivity index (χ3v) is 2.14. The van der Waals surface area contributed by atoms with Crippen LogP contribution >= 0.6 is 0 Å². The Labute approximate surface area is 89.1 Å². The second kappa shape index (κ2) is 4.17. The predicted molar refractivity (Wildman–Crippen MR) is 59.9 cm³/mol. The van der Waals surface area contributed by atoms with E-state index in [1.165, 1.54) is 0 Å². The van der Waals surface area contributed by atoms with Crippen LogP contribution < -0.4 is 4.74 Å². The fourth-order valence-electron chi connectivity index (χ4n) is 1.49. The molecule has 15 heavy (non-hydrogen) atoms. The van der Waals surface area contributed by atoms with Gasteiger partial charge in [-0.25, -0.2) is 4.98 Å². The molecule has 0 bridgehead atoms. The minimum Gasteiger partial charge on any atom is -0.493 e. The van der Waals surface area contributed by atoms with Gasteiger partial charge in [0.15, 0.2) is 0 Å². The topological polar surface area (TPSA) is 37.9 Å². The molecule has 0 aliphatic carbocycles. The van der Waals surface area contributed by atoms with Gasteiger partial charge < -0.3 is 9.72 Å². The van der Waals surface area contributed by atoms with Gasteiger partial charge in [0, 0.05) is 11.9 Å². The number of benzene rings is 1. The maximum atomic E-state index is 5.54. The van der Waals surface area contributed by atoms with Crippen LogP contribution in [-0.2, 0) is 0 Å². The van der Waals surface area contributed by atoms with E-state index in [9.17, 15) is 0 Å². The Morgan fingerprint density at radius 2 is 2.13 bits per heavy atom. The van der Waals surface area contributed by atoms with Crippen molar-refractivity contribution in [2.24, 2.45) is 0 Å². The van der Waals surface area contributed by atoms with E-state index in [0.29, 0.717) is 6.61 Å². The molecule has 0 amide bonds. The van der Waals surface area contributed by atoms with Crippen molar-refractivity contribution < 1.29 is 4.74 Å². The zero-order valence-electron chi connectivity index (χ0n) is 8.95. The van der Waals surface area contributed by atoms with E-state index < -0.39 is 0 Å². The zero-order valence-corrected chi connectivity index (χ0v) is 8.95. The van der Waals surface area contributed by atoms with Gasteiger partial charge in [0.25, 0.3) is 0 Å². The van der Waals surface area contributed by atoms with E-state index in [-0.39, 0.29) is 0 Å². The second-order valence-corrected chi connectivity index (χ2v) is 3.34. The van der Waals surface area contributed by atoms with Crippen molar-refractivity contribution in [3.05, 3.63) is 36.2 Å². The average molecular weight is 202 g/mol. The van der Waals surface area contributed by atoms with Crippen molar-refractivity contribution in [2.75, 3.05) is 6.61 Å². The molecule has 0 radical (unpaired) electrons. The molecule has 0 saturated carbocycles. The van der Waals surface area contributed by atoms with Crippen LogP contribution in [0.2, 0.25) is 0 Å². The zero-order chi connectivity index (χ0) is 10.7. The molecule has 1 N–H and O–H groups in total. The number of para-hydroxylation sites is 1. The average Bonchev–Trinajstić information content (AvgIpc) is 2.66. The molecule has 0 aliphatic rings. The molecule has 0 saturated heterocycles. The molecule has 0 fully saturated rings. The highest BCUT2D eigenvalue weighted by molar-refractivity contribution is 5.64. The molecule has 1 heterocycles. The van der Waals surface area contributed by atoms with Gasteiger partial charge in [0.1, 0.15) is 11.6 Å². The monoisotopic (exact) mass is 202 g/mol. The van der Waals surface area contributed by atoms with E-state index in [4.69, 9.17) is 4.74 Å². The molecular formula is C12H14N2O. The van der Waals surface area contributed by atoms with Gasteiger partial charge in [-0.05, 0) is 26.0 Å². The Morgan fingerprint density at radius 3 is 2.80 bits per heavy atom. The lowest BCUT2D eigenvalue weighted by atomic mass is 10.2. The van der Waals surface area contributed by atoms with Crippen molar-refractivity contribution in [3.63, 3.8) is 0 Å². The van der Waals surface area contributed by atoms with Crippen LogP contribution in [0.5, 0.6) is 5.75 Å². The number of hydrogen-bond donors (Lipinski definition) is 1. The van der Waals surface area contributed by atoms with Gasteiger partial charge in [-0.1, -0.05) is 12.1 Å². The van der Waals surface area contributed by atoms with Crippen LogP contribution in [0.15, 0.2) is 30.5 Å². The first-order chi connectivity index (χ1) is 7.31. The van der Waals surface area contributed by atoms with Crippen LogP contribution in [0.4, 0.5) is 0 Å². The van der Waals surface area contributed by atoms with Crippen LogP contribution in [0.1, 0.15) is 12.6 Å². The lowest BCUT2D eigenvalue weighted by Gasteiger charge is -2.07. The first-order valence-corrected chi connectivity index (χ1v) is 5.05. The number of nitrogens with one attached hydrogen (secondary N) is 1. The number of aromatic amines is 1. The van der Waals surface area contributed by atoms with E-state index in [2.05, 4.69) is 9.97 Å². The maximum absolute atomic E-state index is 5.54. The summed E-state index contributed by atoms with van der Waals surface area (Å²) in [5.74, 6) is 1.73. The smallest absolute Gasteiger partial charge is 0.141 e. The highest BCUT2D eigenvalue weighted by Gasteiger charge is 2.07. The highest BCUT2D eigenvalue weighted by Crippen LogP contribution is 2.27. The number of H-pyrrole nitrogens is 1. The Hall–Kier alpha value is -1.77. The quantitative estimate of drug-likeness (QED) is 0.831. The number of imidazole rings is 1. The molecular weight excluding hydrogens is 188 g/mol. The van der Waals surface area contributed by atoms with Gasteiger partial charge >= 0.3 is 0 Å². The molecule has 3 heteroatoms. The molecule has 0 spiro atoms. The number of aromatic nitrogens is 2. The van der Waals surface area contributed by atoms with Gasteiger partial charge in [0.05, 0.1) is 12.2 Å². The van der Waals surface area contributed by atoms with Crippen LogP contribution in [-0.4, -0.2) is 16.6 Å². The van der Waals surface area contributed by atoms with Crippen molar-refractivity contribution in [1.29, 1.82) is 0 Å². The Morgan fingerprint density at radius 1 is 1.33 bits per heavy atom. The largest absolute Gasteiger partial charge is 0.493 e. The summed E-state index contributed by atoms with van der Waals surface area (Å²) in [5, 5.41) is 0. The Bertz CT molecular complexity index is 448. The summed E-state index contributed by atoms with van der Waals surface area (Å²) < 4.78 is 5.54. The highest BCUT2D eigenvalue weighted by atomic mass is 16.5. The van der Waals surface area contributed by atoms with Crippen molar-refractivity contribution >= 4 is 0 Å². The summed E-state index contributed by atoms with van der Waals surface area (Å²) in [6.07, 6.45) is 1.82. The number of hydrogen-bond acceptors (Lipinski definition) is 2. The lowest BCUT2D eigenvalue weighted by Crippen LogP contribution is -1.94. The van der Waals surface area contributed by atoms with E-state index >= 15 is 0 Å². The minimum atomic E-state index is 0.663. The third kappa shape index (κ3) is 2.01. The van der Waals surface area contributed by atoms with Crippen molar-refractivity contribution in [2.45, 2.75) is 13.8 Å². The van der Waals surface area contributed by atoms with E-state index in [1.807, 2.05) is 44.3 Å². The maximum Gasteiger partial charge on any atom is 0.141 e. The Kier molecular flexibility index (Phi) is 2.72. The molecule has 78 valence electrons. The van der Waals surface area contributed by atoms with Crippen LogP contribution in [0.3, 0.4) is 0 Å². The summed E-state index contributed by atoms with van der Waals surface area (Å²) in [7, 11) is 0. The summed E-state index contributed by atoms with van der Waals surface area (Å²) in [4.78, 5) is 7.49. The van der Waals surface area contributed by atoms with E-state index in [0.717, 1.165) is 22.8 Å². The summed E-state index contributed by atoms with van der Waals surface area (Å²) >= 11 is 0. The van der Waals surface area contributed by atoms with Crippen molar-refractivity contribution in [3.8, 4) is 17.1 Å². The predicted octanol–water partition coefficient (Wildman–Crippen LogP) is 2.78. The third-order valence-electron chi connectivity index (χ3n) is 2.14. The molecule has 2 aromatic rings. The normalized spacial score (nSPS) is 10.3. The fourth-order valence-corrected chi connectivity index (χ4v) is 1.49. The van der Waals surface area contributed by atoms with Gasteiger partial charge in [-0.15, -0.1) is 0 Å². The fraction of sp³-hybridized carbons (Fsp3) is 0.250. The minimum absolute atomic E-state index is 0.663. The number of nitrogens with zero attached hydrogens (tertiary/aromatic N) is 1. The first kappa shape index (κ1) is 9.77. The molecule has 3 nitrogen and oxygen atoms in total. The molecule has 0 unspecified atom stereocenters. The first-order valence-electron chi connectivity index (χ1n) is 5.05. The number of rotatable bonds is 3. The lowest BCUT2D eigenvalue weighted by molar-refractivity contribution is 0.341. The van der Waals surface area contributed by atoms with E-state index in [1.54, 1.807) is 0 Å². The second-order valence-electron chi connectivity index (χ2n) is 3.34. The SMILES string of the molecule is CCOc1ccccc1-c1ncc(C)[nH]1. The van der Waals surface area contributed by atoms with Gasteiger partial charge in [-0.3, -0.25) is 0 Å². The molecule has 0 aliphatic heterocycles. The number of ether oxygens (including phenoxy) is 1. The Balaban J connectivity index is 2.42. The molecule has 0 atom stereocenters. The number of aryl methyl sites for hydroxylation is 1. The van der Waals surface area contributed by atoms with Gasteiger partial charge in [-0.2, -0.15) is 0 Å².